The van der Waals surface area contributed by atoms with Crippen LogP contribution < -0.4 is 10.1 Å². The van der Waals surface area contributed by atoms with Crippen LogP contribution in [0.4, 0.5) is 4.39 Å². The number of rotatable bonds is 7. The lowest BCUT2D eigenvalue weighted by Gasteiger charge is -2.29. The van der Waals surface area contributed by atoms with Gasteiger partial charge in [-0.3, -0.25) is 0 Å². The number of nitrogens with one attached hydrogen (secondary N) is 1. The fourth-order valence-corrected chi connectivity index (χ4v) is 2.21. The van der Waals surface area contributed by atoms with E-state index in [1.165, 1.54) is 13.2 Å². The summed E-state index contributed by atoms with van der Waals surface area (Å²) in [6.45, 7) is 7.48. The average Bonchev–Trinajstić information content (AvgIpc) is 2.37. The van der Waals surface area contributed by atoms with Crippen molar-refractivity contribution in [3.8, 4) is 5.75 Å². The largest absolute Gasteiger partial charge is 0.494 e. The van der Waals surface area contributed by atoms with E-state index in [0.717, 1.165) is 12.1 Å². The number of benzene rings is 1. The normalized spacial score (nSPS) is 14.7. The molecule has 2 atom stereocenters. The molecule has 0 aliphatic carbocycles. The van der Waals surface area contributed by atoms with Gasteiger partial charge in [0.1, 0.15) is 0 Å². The minimum absolute atomic E-state index is 0.150. The van der Waals surface area contributed by atoms with E-state index in [0.29, 0.717) is 17.7 Å². The van der Waals surface area contributed by atoms with Crippen LogP contribution in [0.1, 0.15) is 32.4 Å². The van der Waals surface area contributed by atoms with E-state index in [9.17, 15) is 4.39 Å². The van der Waals surface area contributed by atoms with Gasteiger partial charge in [0.25, 0.3) is 0 Å². The van der Waals surface area contributed by atoms with Crippen molar-refractivity contribution >= 4 is 0 Å². The first-order valence-corrected chi connectivity index (χ1v) is 7.09. The molecule has 0 aromatic heterocycles. The van der Waals surface area contributed by atoms with Gasteiger partial charge in [-0.25, -0.2) is 4.39 Å². The number of methoxy groups -OCH3 is 1. The van der Waals surface area contributed by atoms with E-state index in [1.807, 2.05) is 6.07 Å². The molecule has 1 rings (SSSR count). The highest BCUT2D eigenvalue weighted by molar-refractivity contribution is 5.32. The first-order chi connectivity index (χ1) is 9.35. The summed E-state index contributed by atoms with van der Waals surface area (Å²) in [6.07, 6.45) is 0. The Morgan fingerprint density at radius 2 is 1.90 bits per heavy atom. The van der Waals surface area contributed by atoms with E-state index >= 15 is 0 Å². The van der Waals surface area contributed by atoms with E-state index in [1.54, 1.807) is 6.07 Å². The molecule has 0 fully saturated rings. The molecule has 0 heterocycles. The first kappa shape index (κ1) is 16.9. The predicted octanol–water partition coefficient (Wildman–Crippen LogP) is 3.07. The molecule has 0 bridgehead atoms. The molecule has 1 aromatic rings. The molecule has 4 heteroatoms. The Hall–Kier alpha value is -1.13. The van der Waals surface area contributed by atoms with Crippen LogP contribution in [0.15, 0.2) is 18.2 Å². The van der Waals surface area contributed by atoms with Crippen LogP contribution in [0.25, 0.3) is 0 Å². The zero-order valence-electron chi connectivity index (χ0n) is 13.4. The zero-order chi connectivity index (χ0) is 15.3. The number of hydrogen-bond acceptors (Lipinski definition) is 3. The van der Waals surface area contributed by atoms with Crippen LogP contribution in [-0.4, -0.2) is 38.7 Å². The van der Waals surface area contributed by atoms with Crippen LogP contribution in [0.5, 0.6) is 5.75 Å². The molecular formula is C16H27FN2O. The second-order valence-electron chi connectivity index (χ2n) is 5.90. The summed E-state index contributed by atoms with van der Waals surface area (Å²) in [5.41, 5.74) is 1.03. The summed E-state index contributed by atoms with van der Waals surface area (Å²) < 4.78 is 18.5. The number of hydrogen-bond donors (Lipinski definition) is 1. The van der Waals surface area contributed by atoms with Crippen molar-refractivity contribution in [1.82, 2.24) is 10.2 Å². The summed E-state index contributed by atoms with van der Waals surface area (Å²) in [5, 5.41) is 3.62. The Labute approximate surface area is 122 Å². The molecule has 0 aliphatic rings. The summed E-state index contributed by atoms with van der Waals surface area (Å²) >= 11 is 0. The van der Waals surface area contributed by atoms with E-state index in [2.05, 4.69) is 45.1 Å². The molecule has 0 aliphatic heterocycles. The summed E-state index contributed by atoms with van der Waals surface area (Å²) in [4.78, 5) is 2.18. The van der Waals surface area contributed by atoms with E-state index in [-0.39, 0.29) is 11.9 Å². The van der Waals surface area contributed by atoms with Crippen molar-refractivity contribution in [3.05, 3.63) is 29.6 Å². The lowest BCUT2D eigenvalue weighted by atomic mass is 10.0. The maximum Gasteiger partial charge on any atom is 0.165 e. The van der Waals surface area contributed by atoms with Crippen molar-refractivity contribution < 1.29 is 9.13 Å². The minimum atomic E-state index is -0.322. The molecule has 0 spiro atoms. The van der Waals surface area contributed by atoms with Gasteiger partial charge in [0.15, 0.2) is 11.6 Å². The van der Waals surface area contributed by atoms with Gasteiger partial charge in [0, 0.05) is 18.6 Å². The van der Waals surface area contributed by atoms with Crippen LogP contribution in [0.3, 0.4) is 0 Å². The number of halogens is 1. The van der Waals surface area contributed by atoms with Crippen molar-refractivity contribution in [1.29, 1.82) is 0 Å². The van der Waals surface area contributed by atoms with Crippen LogP contribution in [0.2, 0.25) is 0 Å². The topological polar surface area (TPSA) is 24.5 Å². The van der Waals surface area contributed by atoms with Crippen molar-refractivity contribution in [2.24, 2.45) is 5.92 Å². The van der Waals surface area contributed by atoms with E-state index in [4.69, 9.17) is 4.74 Å². The monoisotopic (exact) mass is 282 g/mol. The Balaban J connectivity index is 2.80. The molecular weight excluding hydrogens is 255 g/mol. The molecule has 0 radical (unpaired) electrons. The maximum atomic E-state index is 13.4. The third-order valence-electron chi connectivity index (χ3n) is 3.51. The van der Waals surface area contributed by atoms with Crippen LogP contribution >= 0.6 is 0 Å². The van der Waals surface area contributed by atoms with E-state index < -0.39 is 0 Å². The molecule has 0 saturated carbocycles. The fraction of sp³-hybridized carbons (Fsp3) is 0.625. The van der Waals surface area contributed by atoms with Crippen LogP contribution in [-0.2, 0) is 0 Å². The van der Waals surface area contributed by atoms with Crippen molar-refractivity contribution in [2.75, 3.05) is 27.7 Å². The molecule has 1 N–H and O–H groups in total. The third kappa shape index (κ3) is 4.76. The van der Waals surface area contributed by atoms with Gasteiger partial charge >= 0.3 is 0 Å². The Morgan fingerprint density at radius 3 is 2.40 bits per heavy atom. The first-order valence-electron chi connectivity index (χ1n) is 7.09. The second-order valence-corrected chi connectivity index (χ2v) is 5.90. The van der Waals surface area contributed by atoms with Gasteiger partial charge < -0.3 is 15.0 Å². The van der Waals surface area contributed by atoms with Gasteiger partial charge in [-0.05, 0) is 44.6 Å². The third-order valence-corrected chi connectivity index (χ3v) is 3.51. The summed E-state index contributed by atoms with van der Waals surface area (Å²) in [6, 6.07) is 5.57. The number of likely N-dealkylation sites (N-methyl/N-ethyl adjacent to an activating group) is 1. The smallest absolute Gasteiger partial charge is 0.165 e. The van der Waals surface area contributed by atoms with Gasteiger partial charge in [0.2, 0.25) is 0 Å². The quantitative estimate of drug-likeness (QED) is 0.832. The Morgan fingerprint density at radius 1 is 1.25 bits per heavy atom. The van der Waals surface area contributed by atoms with Crippen molar-refractivity contribution in [3.63, 3.8) is 0 Å². The highest BCUT2D eigenvalue weighted by Gasteiger charge is 2.18. The minimum Gasteiger partial charge on any atom is -0.494 e. The highest BCUT2D eigenvalue weighted by Crippen LogP contribution is 2.23. The van der Waals surface area contributed by atoms with Gasteiger partial charge in [-0.15, -0.1) is 0 Å². The predicted molar refractivity (Wildman–Crippen MR) is 81.7 cm³/mol. The van der Waals surface area contributed by atoms with Crippen LogP contribution in [0, 0.1) is 11.7 Å². The molecule has 20 heavy (non-hydrogen) atoms. The molecule has 3 nitrogen and oxygen atoms in total. The lowest BCUT2D eigenvalue weighted by molar-refractivity contribution is 0.273. The fourth-order valence-electron chi connectivity index (χ4n) is 2.21. The lowest BCUT2D eigenvalue weighted by Crippen LogP contribution is -2.43. The maximum absolute atomic E-state index is 13.4. The summed E-state index contributed by atoms with van der Waals surface area (Å²) in [5.74, 6) is 0.504. The number of nitrogens with zero attached hydrogens (tertiary/aromatic N) is 1. The second kappa shape index (κ2) is 7.60. The molecule has 0 saturated heterocycles. The Kier molecular flexibility index (Phi) is 6.43. The molecule has 0 amide bonds. The highest BCUT2D eigenvalue weighted by atomic mass is 19.1. The number of ether oxygens (including phenoxy) is 1. The average molecular weight is 282 g/mol. The molecule has 114 valence electrons. The Bertz CT molecular complexity index is 421. The zero-order valence-corrected chi connectivity index (χ0v) is 13.4. The SMILES string of the molecule is COc1cc(C(C)NC(CN(C)C)C(C)C)ccc1F. The molecule has 1 aromatic carbocycles. The van der Waals surface area contributed by atoms with Gasteiger partial charge in [-0.1, -0.05) is 19.9 Å². The van der Waals surface area contributed by atoms with Gasteiger partial charge in [-0.2, -0.15) is 0 Å². The standard InChI is InChI=1S/C16H27FN2O/c1-11(2)15(10-19(4)5)18-12(3)13-7-8-14(17)16(9-13)20-6/h7-9,11-12,15,18H,10H2,1-6H3. The van der Waals surface area contributed by atoms with Gasteiger partial charge in [0.05, 0.1) is 7.11 Å². The van der Waals surface area contributed by atoms with Crippen molar-refractivity contribution in [2.45, 2.75) is 32.9 Å². The molecule has 2 unspecified atom stereocenters. The summed E-state index contributed by atoms with van der Waals surface area (Å²) in [7, 11) is 5.63.